The third-order valence-electron chi connectivity index (χ3n) is 14.4. The van der Waals surface area contributed by atoms with E-state index in [1.807, 2.05) is 48.2 Å². The highest BCUT2D eigenvalue weighted by atomic mass is 35.5. The first-order valence-electron chi connectivity index (χ1n) is 26.6. The summed E-state index contributed by atoms with van der Waals surface area (Å²) in [7, 11) is 1.00. The van der Waals surface area contributed by atoms with Gasteiger partial charge in [0.2, 0.25) is 12.3 Å². The van der Waals surface area contributed by atoms with Gasteiger partial charge in [0.15, 0.2) is 5.69 Å². The molecule has 4 aromatic carbocycles. The second-order valence-electron chi connectivity index (χ2n) is 19.5. The molecule has 3 aliphatic heterocycles. The van der Waals surface area contributed by atoms with Crippen molar-refractivity contribution in [3.05, 3.63) is 165 Å². The van der Waals surface area contributed by atoms with Crippen molar-refractivity contribution >= 4 is 57.8 Å². The van der Waals surface area contributed by atoms with E-state index in [9.17, 15) is 28.4 Å². The lowest BCUT2D eigenvalue weighted by atomic mass is 9.96. The van der Waals surface area contributed by atoms with Crippen molar-refractivity contribution in [2.45, 2.75) is 53.4 Å². The summed E-state index contributed by atoms with van der Waals surface area (Å²) in [5, 5.41) is 17.7. The average Bonchev–Trinajstić information content (AvgIpc) is 3.54. The first-order valence-corrected chi connectivity index (χ1v) is 27.2. The number of rotatable bonds is 13. The van der Waals surface area contributed by atoms with Gasteiger partial charge in [0, 0.05) is 89.6 Å². The van der Waals surface area contributed by atoms with Crippen LogP contribution in [0.4, 0.5) is 10.1 Å². The number of carbonyl (C=O) groups is 4. The van der Waals surface area contributed by atoms with Gasteiger partial charge in [-0.15, -0.1) is 11.6 Å². The molecule has 0 aliphatic carbocycles. The molecule has 16 nitrogen and oxygen atoms in total. The number of fused-ring (bicyclic) bond motifs is 1. The Balaban J connectivity index is 0.000000209. The number of halogens is 2. The number of hydrogen-bond donors (Lipinski definition) is 4. The topological polar surface area (TPSA) is 201 Å². The van der Waals surface area contributed by atoms with E-state index in [1.165, 1.54) is 54.8 Å². The Morgan fingerprint density at radius 1 is 0.795 bits per heavy atom. The zero-order valence-corrected chi connectivity index (χ0v) is 46.3. The molecule has 0 saturated carbocycles. The molecule has 0 radical (unpaired) electrons. The number of nitrogens with one attached hydrogen (secondary N) is 2. The molecule has 5 N–H and O–H groups in total. The number of aliphatic hydroxyl groups is 1. The van der Waals surface area contributed by atoms with Crippen LogP contribution in [0, 0.1) is 18.7 Å². The van der Waals surface area contributed by atoms with Gasteiger partial charge in [-0.05, 0) is 117 Å². The SMILES string of the molecule is C/C(=C\N)c1cccc(C)c1.CCc1cccc(-c2cnc(C(=O)N3CCN(CC4CCN(CC)CC4)CC3)c(NC(=O)CCl)c2)c1.CO.O=CN1CCN(C(=O)c2cc(Cc3n[nH]c(=O)c4ccccc34)ccc2F)CC1. The van der Waals surface area contributed by atoms with Gasteiger partial charge < -0.3 is 35.8 Å². The molecule has 4 amide bonds. The fourth-order valence-electron chi connectivity index (χ4n) is 9.71. The number of nitrogens with two attached hydrogens (primary N) is 1. The number of aryl methyl sites for hydroxylation is 2. The number of carbonyl (C=O) groups excluding carboxylic acids is 4. The maximum atomic E-state index is 14.4. The van der Waals surface area contributed by atoms with Crippen LogP contribution in [0.25, 0.3) is 27.5 Å². The number of piperazine rings is 2. The Kier molecular flexibility index (Phi) is 23.1. The van der Waals surface area contributed by atoms with Crippen LogP contribution in [-0.2, 0) is 22.4 Å². The second-order valence-corrected chi connectivity index (χ2v) is 19.8. The number of likely N-dealkylation sites (tertiary alicyclic amines) is 1. The van der Waals surface area contributed by atoms with E-state index in [1.54, 1.807) is 40.4 Å². The van der Waals surface area contributed by atoms with Crippen LogP contribution >= 0.6 is 11.6 Å². The Hall–Kier alpha value is -7.31. The number of H-pyrrole nitrogens is 1. The van der Waals surface area contributed by atoms with Gasteiger partial charge in [-0.2, -0.15) is 5.10 Å². The standard InChI is InChI=1S/C28H38ClN5O2.C21H19FN4O3.C10H13N.CH4O/c1-3-21-6-5-7-23(16-21)24-17-25(31-26(35)18-29)27(30-19-24)28(36)34-14-12-33(13-15-34)20-22-8-10-32(4-2)11-9-22;22-18-6-5-14(11-17(18)21(29)26-9-7-25(13-27)8-10-26)12-19-15-3-1-2-4-16(15)20(28)24-23-19;1-8-4-3-5-10(6-8)9(2)7-11;1-2/h5-7,16-17,19,22H,3-4,8-15,18,20H2,1-2H3,(H,31,35);1-6,11,13H,7-10,12H2,(H,24,28);3-7H,11H2,1-2H3;2H,1H3/b;;9-7+;. The van der Waals surface area contributed by atoms with E-state index in [2.05, 4.69) is 81.4 Å². The van der Waals surface area contributed by atoms with E-state index in [4.69, 9.17) is 22.4 Å². The lowest BCUT2D eigenvalue weighted by molar-refractivity contribution is -0.119. The number of aromatic amines is 1. The van der Waals surface area contributed by atoms with Crippen molar-refractivity contribution in [2.75, 3.05) is 96.8 Å². The minimum Gasteiger partial charge on any atom is -0.404 e. The number of allylic oxidation sites excluding steroid dienone is 1. The number of piperidine rings is 1. The van der Waals surface area contributed by atoms with E-state index in [-0.39, 0.29) is 34.5 Å². The molecule has 414 valence electrons. The average molecular weight is 1090 g/mol. The first kappa shape index (κ1) is 59.9. The summed E-state index contributed by atoms with van der Waals surface area (Å²) in [5.74, 6) is -0.924. The Morgan fingerprint density at radius 3 is 2.13 bits per heavy atom. The number of benzene rings is 4. The maximum Gasteiger partial charge on any atom is 0.274 e. The molecule has 3 saturated heterocycles. The van der Waals surface area contributed by atoms with Gasteiger partial charge >= 0.3 is 0 Å². The van der Waals surface area contributed by atoms with Crippen LogP contribution in [0.1, 0.15) is 82.4 Å². The van der Waals surface area contributed by atoms with Crippen molar-refractivity contribution in [1.29, 1.82) is 0 Å². The molecule has 18 heteroatoms. The number of hydrogen-bond acceptors (Lipinski definition) is 11. The van der Waals surface area contributed by atoms with Crippen molar-refractivity contribution < 1.29 is 28.7 Å². The normalized spacial score (nSPS) is 15.2. The fourth-order valence-corrected chi connectivity index (χ4v) is 9.78. The van der Waals surface area contributed by atoms with Crippen LogP contribution in [0.3, 0.4) is 0 Å². The predicted molar refractivity (Wildman–Crippen MR) is 308 cm³/mol. The summed E-state index contributed by atoms with van der Waals surface area (Å²) in [5.41, 5.74) is 13.8. The smallest absolute Gasteiger partial charge is 0.274 e. The Bertz CT molecular complexity index is 3060. The summed E-state index contributed by atoms with van der Waals surface area (Å²) in [6.07, 6.45) is 7.90. The number of alkyl halides is 1. The van der Waals surface area contributed by atoms with Gasteiger partial charge in [-0.1, -0.05) is 92.2 Å². The highest BCUT2D eigenvalue weighted by Gasteiger charge is 2.29. The number of aliphatic hydroxyl groups excluding tert-OH is 1. The predicted octanol–water partition coefficient (Wildman–Crippen LogP) is 7.47. The Labute approximate surface area is 462 Å². The molecule has 3 aliphatic rings. The molecular weight excluding hydrogens is 1010 g/mol. The molecule has 0 atom stereocenters. The number of anilines is 1. The van der Waals surface area contributed by atoms with Gasteiger partial charge in [-0.3, -0.25) is 28.9 Å². The minimum atomic E-state index is -0.587. The van der Waals surface area contributed by atoms with Crippen molar-refractivity contribution in [1.82, 2.24) is 39.7 Å². The van der Waals surface area contributed by atoms with Gasteiger partial charge in [-0.25, -0.2) is 14.5 Å². The maximum absolute atomic E-state index is 14.4. The number of amides is 4. The summed E-state index contributed by atoms with van der Waals surface area (Å²) in [6, 6.07) is 29.9. The molecule has 2 aromatic heterocycles. The monoisotopic (exact) mass is 1080 g/mol. The number of pyridine rings is 1. The molecule has 3 fully saturated rings. The van der Waals surface area contributed by atoms with E-state index in [0.29, 0.717) is 68.0 Å². The van der Waals surface area contributed by atoms with E-state index < -0.39 is 11.7 Å². The van der Waals surface area contributed by atoms with Crippen LogP contribution < -0.4 is 16.6 Å². The summed E-state index contributed by atoms with van der Waals surface area (Å²) >= 11 is 5.76. The third kappa shape index (κ3) is 16.4. The molecule has 0 bridgehead atoms. The fraction of sp³-hybridized carbons (Fsp3) is 0.383. The van der Waals surface area contributed by atoms with Crippen LogP contribution in [0.15, 0.2) is 114 Å². The van der Waals surface area contributed by atoms with Crippen molar-refractivity contribution in [2.24, 2.45) is 11.7 Å². The minimum absolute atomic E-state index is 0.00390. The summed E-state index contributed by atoms with van der Waals surface area (Å²) < 4.78 is 14.4. The van der Waals surface area contributed by atoms with Gasteiger partial charge in [0.1, 0.15) is 11.7 Å². The van der Waals surface area contributed by atoms with Gasteiger partial charge in [0.05, 0.1) is 22.3 Å². The number of aromatic nitrogens is 3. The first-order chi connectivity index (χ1) is 37.8. The summed E-state index contributed by atoms with van der Waals surface area (Å²) in [6.45, 7) is 17.7. The molecule has 78 heavy (non-hydrogen) atoms. The quantitative estimate of drug-likeness (QED) is 0.0661. The van der Waals surface area contributed by atoms with Crippen LogP contribution in [-0.4, -0.2) is 160 Å². The van der Waals surface area contributed by atoms with Crippen LogP contribution in [0.2, 0.25) is 0 Å². The molecule has 0 unspecified atom stereocenters. The summed E-state index contributed by atoms with van der Waals surface area (Å²) in [4.78, 5) is 75.7. The van der Waals surface area contributed by atoms with Crippen molar-refractivity contribution in [3.63, 3.8) is 0 Å². The Morgan fingerprint density at radius 2 is 1.47 bits per heavy atom. The highest BCUT2D eigenvalue weighted by molar-refractivity contribution is 6.29. The lowest BCUT2D eigenvalue weighted by Crippen LogP contribution is -2.50. The van der Waals surface area contributed by atoms with Crippen LogP contribution in [0.5, 0.6) is 0 Å². The van der Waals surface area contributed by atoms with Gasteiger partial charge in [0.25, 0.3) is 17.4 Å². The zero-order valence-electron chi connectivity index (χ0n) is 45.5. The second kappa shape index (κ2) is 30.0. The lowest BCUT2D eigenvalue weighted by Gasteiger charge is -2.38. The number of nitrogens with zero attached hydrogens (tertiary/aromatic N) is 7. The van der Waals surface area contributed by atoms with E-state index in [0.717, 1.165) is 74.1 Å². The largest absolute Gasteiger partial charge is 0.404 e. The molecule has 5 heterocycles. The molecule has 6 aromatic rings. The molecule has 0 spiro atoms. The third-order valence-corrected chi connectivity index (χ3v) is 14.6. The zero-order chi connectivity index (χ0) is 56.1. The highest BCUT2D eigenvalue weighted by Crippen LogP contribution is 2.28. The molecule has 9 rings (SSSR count). The van der Waals surface area contributed by atoms with Crippen molar-refractivity contribution in [3.8, 4) is 11.1 Å². The van der Waals surface area contributed by atoms with E-state index >= 15 is 0 Å². The molecular formula is C60H74ClFN10O6.